The lowest BCUT2D eigenvalue weighted by molar-refractivity contribution is 0.0631. The quantitative estimate of drug-likeness (QED) is 0.924. The van der Waals surface area contributed by atoms with Crippen LogP contribution in [0.3, 0.4) is 0 Å². The number of hydrogen-bond acceptors (Lipinski definition) is 3. The lowest BCUT2D eigenvalue weighted by Gasteiger charge is -2.32. The molecular weight excluding hydrogens is 262 g/mol. The number of aliphatic hydroxyl groups is 1. The Bertz CT molecular complexity index is 482. The highest BCUT2D eigenvalue weighted by molar-refractivity contribution is 5.41. The van der Waals surface area contributed by atoms with Crippen LogP contribution < -0.4 is 4.74 Å². The maximum absolute atomic E-state index is 10.7. The summed E-state index contributed by atoms with van der Waals surface area (Å²) in [6, 6.07) is 6.31. The summed E-state index contributed by atoms with van der Waals surface area (Å²) in [7, 11) is 3.85. The van der Waals surface area contributed by atoms with Crippen LogP contribution in [0.15, 0.2) is 18.2 Å². The number of hydrogen-bond donors (Lipinski definition) is 1. The summed E-state index contributed by atoms with van der Waals surface area (Å²) in [5, 5.41) is 10.7. The molecule has 3 nitrogen and oxygen atoms in total. The van der Waals surface area contributed by atoms with Crippen LogP contribution in [-0.4, -0.2) is 36.8 Å². The molecule has 1 N–H and O–H groups in total. The molecule has 1 fully saturated rings. The van der Waals surface area contributed by atoms with Crippen molar-refractivity contribution in [3.05, 3.63) is 29.3 Å². The molecule has 2 unspecified atom stereocenters. The van der Waals surface area contributed by atoms with E-state index in [-0.39, 0.29) is 12.1 Å². The Labute approximate surface area is 127 Å². The number of methoxy groups -OCH3 is 1. The number of benzene rings is 1. The molecule has 0 amide bonds. The van der Waals surface area contributed by atoms with Gasteiger partial charge in [0, 0.05) is 12.6 Å². The summed E-state index contributed by atoms with van der Waals surface area (Å²) in [6.07, 6.45) is 7.43. The van der Waals surface area contributed by atoms with Crippen molar-refractivity contribution < 1.29 is 9.84 Å². The number of ether oxygens (including phenoxy) is 1. The van der Waals surface area contributed by atoms with Gasteiger partial charge in [-0.15, -0.1) is 0 Å². The molecule has 116 valence electrons. The fraction of sp³-hybridized carbons (Fsp3) is 0.667. The van der Waals surface area contributed by atoms with Gasteiger partial charge >= 0.3 is 0 Å². The molecule has 1 aromatic carbocycles. The standard InChI is InChI=1S/C18H27NO2/c1-19(12-13-6-4-3-5-7-13)17-10-14-8-9-15(21-2)11-16(14)18(17)20/h8-9,11,13,17-18,20H,3-7,10,12H2,1-2H3. The van der Waals surface area contributed by atoms with Crippen LogP contribution in [0.5, 0.6) is 5.75 Å². The van der Waals surface area contributed by atoms with Gasteiger partial charge in [0.1, 0.15) is 5.75 Å². The average Bonchev–Trinajstić information content (AvgIpc) is 2.85. The Balaban J connectivity index is 1.67. The Morgan fingerprint density at radius 1 is 1.24 bits per heavy atom. The van der Waals surface area contributed by atoms with Crippen molar-refractivity contribution in [2.75, 3.05) is 20.7 Å². The summed E-state index contributed by atoms with van der Waals surface area (Å²) < 4.78 is 5.28. The highest BCUT2D eigenvalue weighted by Gasteiger charge is 2.34. The van der Waals surface area contributed by atoms with Crippen LogP contribution in [0.25, 0.3) is 0 Å². The van der Waals surface area contributed by atoms with E-state index in [4.69, 9.17) is 4.74 Å². The highest BCUT2D eigenvalue weighted by atomic mass is 16.5. The van der Waals surface area contributed by atoms with E-state index in [0.717, 1.165) is 30.2 Å². The van der Waals surface area contributed by atoms with Gasteiger partial charge in [-0.1, -0.05) is 25.3 Å². The zero-order valence-electron chi connectivity index (χ0n) is 13.2. The van der Waals surface area contributed by atoms with Crippen LogP contribution in [-0.2, 0) is 6.42 Å². The third kappa shape index (κ3) is 3.09. The molecule has 0 spiro atoms. The molecule has 0 radical (unpaired) electrons. The monoisotopic (exact) mass is 289 g/mol. The highest BCUT2D eigenvalue weighted by Crippen LogP contribution is 2.37. The van der Waals surface area contributed by atoms with Crippen LogP contribution in [0.2, 0.25) is 0 Å². The molecule has 0 aromatic heterocycles. The van der Waals surface area contributed by atoms with E-state index in [2.05, 4.69) is 18.0 Å². The zero-order valence-corrected chi connectivity index (χ0v) is 13.2. The fourth-order valence-electron chi connectivity index (χ4n) is 4.01. The summed E-state index contributed by atoms with van der Waals surface area (Å²) in [4.78, 5) is 2.38. The van der Waals surface area contributed by atoms with Crippen LogP contribution in [0.1, 0.15) is 49.3 Å². The van der Waals surface area contributed by atoms with E-state index in [1.54, 1.807) is 7.11 Å². The van der Waals surface area contributed by atoms with Crippen molar-refractivity contribution in [3.63, 3.8) is 0 Å². The van der Waals surface area contributed by atoms with E-state index >= 15 is 0 Å². The Kier molecular flexibility index (Phi) is 4.51. The molecule has 0 bridgehead atoms. The van der Waals surface area contributed by atoms with E-state index in [0.29, 0.717) is 0 Å². The Morgan fingerprint density at radius 2 is 2.00 bits per heavy atom. The predicted molar refractivity (Wildman–Crippen MR) is 84.7 cm³/mol. The van der Waals surface area contributed by atoms with E-state index in [1.165, 1.54) is 37.7 Å². The first kappa shape index (κ1) is 14.9. The minimum atomic E-state index is -0.385. The third-order valence-electron chi connectivity index (χ3n) is 5.30. The Morgan fingerprint density at radius 3 is 2.71 bits per heavy atom. The molecule has 1 aromatic rings. The number of fused-ring (bicyclic) bond motifs is 1. The van der Waals surface area contributed by atoms with Crippen molar-refractivity contribution in [3.8, 4) is 5.75 Å². The van der Waals surface area contributed by atoms with Crippen LogP contribution in [0.4, 0.5) is 0 Å². The van der Waals surface area contributed by atoms with Gasteiger partial charge in [0.2, 0.25) is 0 Å². The molecule has 0 saturated heterocycles. The molecule has 0 aliphatic heterocycles. The van der Waals surface area contributed by atoms with Crippen molar-refractivity contribution >= 4 is 0 Å². The second-order valence-corrected chi connectivity index (χ2v) is 6.72. The smallest absolute Gasteiger partial charge is 0.119 e. The SMILES string of the molecule is COc1ccc2c(c1)C(O)C(N(C)CC1CCCCC1)C2. The van der Waals surface area contributed by atoms with Crippen LogP contribution in [0, 0.1) is 5.92 Å². The van der Waals surface area contributed by atoms with Gasteiger partial charge in [-0.05, 0) is 55.5 Å². The molecule has 2 aliphatic carbocycles. The summed E-state index contributed by atoms with van der Waals surface area (Å²) in [5.74, 6) is 1.65. The van der Waals surface area contributed by atoms with Gasteiger partial charge in [-0.2, -0.15) is 0 Å². The van der Waals surface area contributed by atoms with E-state index < -0.39 is 0 Å². The number of nitrogens with zero attached hydrogens (tertiary/aromatic N) is 1. The Hall–Kier alpha value is -1.06. The van der Waals surface area contributed by atoms with E-state index in [1.807, 2.05) is 12.1 Å². The maximum atomic E-state index is 10.7. The molecule has 1 saturated carbocycles. The van der Waals surface area contributed by atoms with Crippen molar-refractivity contribution in [1.82, 2.24) is 4.90 Å². The molecule has 0 heterocycles. The minimum absolute atomic E-state index is 0.217. The third-order valence-corrected chi connectivity index (χ3v) is 5.30. The van der Waals surface area contributed by atoms with Gasteiger partial charge in [-0.3, -0.25) is 4.90 Å². The van der Waals surface area contributed by atoms with Gasteiger partial charge in [0.25, 0.3) is 0 Å². The lowest BCUT2D eigenvalue weighted by Crippen LogP contribution is -2.38. The normalized spacial score (nSPS) is 26.1. The van der Waals surface area contributed by atoms with Crippen molar-refractivity contribution in [2.24, 2.45) is 5.92 Å². The van der Waals surface area contributed by atoms with Crippen molar-refractivity contribution in [2.45, 2.75) is 50.7 Å². The second kappa shape index (κ2) is 6.37. The van der Waals surface area contributed by atoms with Gasteiger partial charge in [0.05, 0.1) is 13.2 Å². The van der Waals surface area contributed by atoms with Gasteiger partial charge in [0.15, 0.2) is 0 Å². The number of aliphatic hydroxyl groups excluding tert-OH is 1. The number of likely N-dealkylation sites (N-methyl/N-ethyl adjacent to an activating group) is 1. The summed E-state index contributed by atoms with van der Waals surface area (Å²) in [5.41, 5.74) is 2.32. The molecule has 21 heavy (non-hydrogen) atoms. The average molecular weight is 289 g/mol. The maximum Gasteiger partial charge on any atom is 0.119 e. The second-order valence-electron chi connectivity index (χ2n) is 6.72. The molecule has 3 rings (SSSR count). The fourth-order valence-corrected chi connectivity index (χ4v) is 4.01. The van der Waals surface area contributed by atoms with Crippen LogP contribution >= 0.6 is 0 Å². The molecule has 3 heteroatoms. The number of rotatable bonds is 4. The first-order valence-electron chi connectivity index (χ1n) is 8.24. The first-order chi connectivity index (χ1) is 10.2. The van der Waals surface area contributed by atoms with Gasteiger partial charge in [-0.25, -0.2) is 0 Å². The lowest BCUT2D eigenvalue weighted by atomic mass is 9.88. The molecule has 2 atom stereocenters. The predicted octanol–water partition coefficient (Wildman–Crippen LogP) is 3.17. The largest absolute Gasteiger partial charge is 0.497 e. The molecular formula is C18H27NO2. The van der Waals surface area contributed by atoms with Gasteiger partial charge < -0.3 is 9.84 Å². The molecule has 2 aliphatic rings. The summed E-state index contributed by atoms with van der Waals surface area (Å²) >= 11 is 0. The zero-order chi connectivity index (χ0) is 14.8. The van der Waals surface area contributed by atoms with Crippen molar-refractivity contribution in [1.29, 1.82) is 0 Å². The topological polar surface area (TPSA) is 32.7 Å². The minimum Gasteiger partial charge on any atom is -0.497 e. The summed E-state index contributed by atoms with van der Waals surface area (Å²) in [6.45, 7) is 1.12. The first-order valence-corrected chi connectivity index (χ1v) is 8.24. The van der Waals surface area contributed by atoms with E-state index in [9.17, 15) is 5.11 Å².